The molecule has 0 unspecified atom stereocenters. The molecule has 0 radical (unpaired) electrons. The molecule has 3 aromatic rings. The average Bonchev–Trinajstić information content (AvgIpc) is 2.82. The Kier molecular flexibility index (Phi) is 7.01. The lowest BCUT2D eigenvalue weighted by Crippen LogP contribution is -2.37. The maximum Gasteiger partial charge on any atom is 0.416 e. The minimum Gasteiger partial charge on any atom is -0.378 e. The summed E-state index contributed by atoms with van der Waals surface area (Å²) in [4.78, 5) is 14.4. The monoisotopic (exact) mass is 474 g/mol. The molecule has 0 spiro atoms. The lowest BCUT2D eigenvalue weighted by molar-refractivity contribution is -0.137. The molecule has 2 aromatic heterocycles. The minimum absolute atomic E-state index is 0.142. The van der Waals surface area contributed by atoms with Crippen LogP contribution in [0.2, 0.25) is 0 Å². The number of nitrogens with zero attached hydrogens (tertiary/aromatic N) is 4. The standard InChI is InChI=1S/C23H22F4N6O/c24-20-14-30-21(32-22(20)33-6-8-34-9-7-33)12-16(28)11-17-4-5-19(13-29-17)31-18-3-1-2-15(10-18)23(25,26)27/h1-5,10,13-14,28,31H,6-9,11-12H2. The highest BCUT2D eigenvalue weighted by molar-refractivity contribution is 5.84. The number of alkyl halides is 3. The van der Waals surface area contributed by atoms with Gasteiger partial charge in [-0.2, -0.15) is 13.2 Å². The van der Waals surface area contributed by atoms with Crippen molar-refractivity contribution >= 4 is 22.9 Å². The second kappa shape index (κ2) is 10.1. The van der Waals surface area contributed by atoms with Crippen molar-refractivity contribution in [2.75, 3.05) is 36.5 Å². The third-order valence-corrected chi connectivity index (χ3v) is 5.16. The first kappa shape index (κ1) is 23.6. The van der Waals surface area contributed by atoms with E-state index in [-0.39, 0.29) is 18.7 Å². The van der Waals surface area contributed by atoms with Crippen LogP contribution in [0.4, 0.5) is 34.8 Å². The van der Waals surface area contributed by atoms with Gasteiger partial charge in [-0.05, 0) is 30.3 Å². The first-order valence-corrected chi connectivity index (χ1v) is 10.6. The Labute approximate surface area is 193 Å². The molecule has 178 valence electrons. The van der Waals surface area contributed by atoms with E-state index in [0.29, 0.717) is 54.9 Å². The number of rotatable bonds is 7. The second-order valence-electron chi connectivity index (χ2n) is 7.76. The summed E-state index contributed by atoms with van der Waals surface area (Å²) in [6.45, 7) is 2.07. The van der Waals surface area contributed by atoms with Crippen LogP contribution in [0.1, 0.15) is 17.1 Å². The zero-order valence-electron chi connectivity index (χ0n) is 18.1. The summed E-state index contributed by atoms with van der Waals surface area (Å²) in [6.07, 6.45) is -1.43. The van der Waals surface area contributed by atoms with Gasteiger partial charge in [-0.25, -0.2) is 14.4 Å². The molecule has 1 fully saturated rings. The summed E-state index contributed by atoms with van der Waals surface area (Å²) in [6, 6.07) is 8.27. The van der Waals surface area contributed by atoms with Gasteiger partial charge in [-0.1, -0.05) is 6.07 Å². The van der Waals surface area contributed by atoms with Crippen molar-refractivity contribution < 1.29 is 22.3 Å². The van der Waals surface area contributed by atoms with Crippen LogP contribution in [0.5, 0.6) is 0 Å². The van der Waals surface area contributed by atoms with Crippen LogP contribution >= 0.6 is 0 Å². The number of anilines is 3. The van der Waals surface area contributed by atoms with E-state index in [1.54, 1.807) is 17.0 Å². The zero-order valence-corrected chi connectivity index (χ0v) is 18.1. The molecule has 34 heavy (non-hydrogen) atoms. The van der Waals surface area contributed by atoms with E-state index in [2.05, 4.69) is 20.3 Å². The first-order valence-electron chi connectivity index (χ1n) is 10.6. The van der Waals surface area contributed by atoms with Gasteiger partial charge in [0.05, 0.1) is 36.9 Å². The second-order valence-corrected chi connectivity index (χ2v) is 7.76. The summed E-state index contributed by atoms with van der Waals surface area (Å²) in [5.74, 6) is 0.0441. The number of halogens is 4. The van der Waals surface area contributed by atoms with Crippen molar-refractivity contribution in [3.8, 4) is 0 Å². The van der Waals surface area contributed by atoms with E-state index in [1.807, 2.05) is 0 Å². The predicted molar refractivity (Wildman–Crippen MR) is 119 cm³/mol. The number of benzene rings is 1. The Morgan fingerprint density at radius 3 is 2.53 bits per heavy atom. The number of nitrogens with one attached hydrogen (secondary N) is 2. The maximum atomic E-state index is 14.2. The van der Waals surface area contributed by atoms with Crippen molar-refractivity contribution in [1.82, 2.24) is 15.0 Å². The number of morpholine rings is 1. The van der Waals surface area contributed by atoms with E-state index in [9.17, 15) is 17.6 Å². The van der Waals surface area contributed by atoms with Gasteiger partial charge < -0.3 is 20.4 Å². The molecule has 0 amide bonds. The molecule has 11 heteroatoms. The van der Waals surface area contributed by atoms with E-state index in [0.717, 1.165) is 18.3 Å². The Balaban J connectivity index is 1.36. The molecule has 2 N–H and O–H groups in total. The van der Waals surface area contributed by atoms with Gasteiger partial charge in [0.2, 0.25) is 0 Å². The Morgan fingerprint density at radius 2 is 1.82 bits per heavy atom. The molecule has 1 saturated heterocycles. The third-order valence-electron chi connectivity index (χ3n) is 5.16. The van der Waals surface area contributed by atoms with E-state index >= 15 is 0 Å². The Hall–Kier alpha value is -3.60. The molecule has 3 heterocycles. The third kappa shape index (κ3) is 6.04. The molecule has 1 aromatic carbocycles. The largest absolute Gasteiger partial charge is 0.416 e. The van der Waals surface area contributed by atoms with Crippen molar-refractivity contribution in [1.29, 1.82) is 5.41 Å². The van der Waals surface area contributed by atoms with Crippen LogP contribution < -0.4 is 10.2 Å². The summed E-state index contributed by atoms with van der Waals surface area (Å²) in [5, 5.41) is 11.2. The Morgan fingerprint density at radius 1 is 1.03 bits per heavy atom. The SMILES string of the molecule is N=C(Cc1ccc(Nc2cccc(C(F)(F)F)c2)cn1)Cc1ncc(F)c(N2CCOCC2)n1. The van der Waals surface area contributed by atoms with E-state index in [1.165, 1.54) is 18.3 Å². The van der Waals surface area contributed by atoms with Crippen LogP contribution in [0.3, 0.4) is 0 Å². The molecule has 0 bridgehead atoms. The van der Waals surface area contributed by atoms with Crippen molar-refractivity contribution in [2.45, 2.75) is 19.0 Å². The fourth-order valence-corrected chi connectivity index (χ4v) is 3.49. The van der Waals surface area contributed by atoms with Crippen LogP contribution in [-0.2, 0) is 23.8 Å². The molecule has 4 rings (SSSR count). The van der Waals surface area contributed by atoms with E-state index in [4.69, 9.17) is 10.1 Å². The summed E-state index contributed by atoms with van der Waals surface area (Å²) in [5.41, 5.74) is 0.976. The van der Waals surface area contributed by atoms with E-state index < -0.39 is 17.6 Å². The van der Waals surface area contributed by atoms with Crippen molar-refractivity contribution in [3.63, 3.8) is 0 Å². The molecule has 0 atom stereocenters. The normalized spacial score (nSPS) is 14.2. The topological polar surface area (TPSA) is 87.0 Å². The van der Waals surface area contributed by atoms with Gasteiger partial charge in [-0.15, -0.1) is 0 Å². The van der Waals surface area contributed by atoms with Gasteiger partial charge in [-0.3, -0.25) is 4.98 Å². The fraction of sp³-hybridized carbons (Fsp3) is 0.304. The molecule has 7 nitrogen and oxygen atoms in total. The molecule has 1 aliphatic heterocycles. The van der Waals surface area contributed by atoms with Gasteiger partial charge in [0.25, 0.3) is 0 Å². The first-order chi connectivity index (χ1) is 16.3. The quantitative estimate of drug-likeness (QED) is 0.390. The average molecular weight is 474 g/mol. The number of hydrogen-bond acceptors (Lipinski definition) is 7. The van der Waals surface area contributed by atoms with Crippen LogP contribution in [0.15, 0.2) is 48.8 Å². The van der Waals surface area contributed by atoms with Gasteiger partial charge in [0.1, 0.15) is 5.82 Å². The number of pyridine rings is 1. The molecule has 0 aliphatic carbocycles. The highest BCUT2D eigenvalue weighted by atomic mass is 19.4. The van der Waals surface area contributed by atoms with Gasteiger partial charge in [0, 0.05) is 43.0 Å². The lowest BCUT2D eigenvalue weighted by Gasteiger charge is -2.28. The maximum absolute atomic E-state index is 14.2. The van der Waals surface area contributed by atoms with Gasteiger partial charge >= 0.3 is 6.18 Å². The summed E-state index contributed by atoms with van der Waals surface area (Å²) < 4.78 is 58.1. The van der Waals surface area contributed by atoms with Crippen LogP contribution in [0, 0.1) is 11.2 Å². The predicted octanol–water partition coefficient (Wildman–Crippen LogP) is 4.41. The Bertz CT molecular complexity index is 1150. The summed E-state index contributed by atoms with van der Waals surface area (Å²) in [7, 11) is 0. The fourth-order valence-electron chi connectivity index (χ4n) is 3.49. The van der Waals surface area contributed by atoms with Gasteiger partial charge in [0.15, 0.2) is 11.6 Å². The smallest absolute Gasteiger partial charge is 0.378 e. The minimum atomic E-state index is -4.42. The lowest BCUT2D eigenvalue weighted by atomic mass is 10.1. The molecule has 1 aliphatic rings. The molecular formula is C23H22F4N6O. The number of aromatic nitrogens is 3. The van der Waals surface area contributed by atoms with Crippen LogP contribution in [-0.4, -0.2) is 47.0 Å². The van der Waals surface area contributed by atoms with Crippen molar-refractivity contribution in [2.24, 2.45) is 0 Å². The van der Waals surface area contributed by atoms with Crippen molar-refractivity contribution in [3.05, 3.63) is 71.7 Å². The molecule has 0 saturated carbocycles. The van der Waals surface area contributed by atoms with Crippen LogP contribution in [0.25, 0.3) is 0 Å². The zero-order chi connectivity index (χ0) is 24.1. The number of ether oxygens (including phenoxy) is 1. The molecular weight excluding hydrogens is 452 g/mol. The number of hydrogen-bond donors (Lipinski definition) is 2. The highest BCUT2D eigenvalue weighted by Gasteiger charge is 2.30. The summed E-state index contributed by atoms with van der Waals surface area (Å²) >= 11 is 0. The highest BCUT2D eigenvalue weighted by Crippen LogP contribution is 2.31.